The predicted octanol–water partition coefficient (Wildman–Crippen LogP) is 2.66. The predicted molar refractivity (Wildman–Crippen MR) is 60.8 cm³/mol. The van der Waals surface area contributed by atoms with Crippen LogP contribution in [0, 0.1) is 18.8 Å². The van der Waals surface area contributed by atoms with Crippen LogP contribution in [0.3, 0.4) is 0 Å². The zero-order valence-electron chi connectivity index (χ0n) is 10.6. The van der Waals surface area contributed by atoms with Crippen molar-refractivity contribution in [3.05, 3.63) is 17.0 Å². The second kappa shape index (κ2) is 4.03. The molecule has 1 aliphatic carbocycles. The molecule has 2 atom stereocenters. The van der Waals surface area contributed by atoms with E-state index in [4.69, 9.17) is 5.11 Å². The molecule has 1 aromatic heterocycles. The van der Waals surface area contributed by atoms with E-state index in [1.165, 1.54) is 11.6 Å². The molecular formula is C12H16F2N2O2. The Morgan fingerprint density at radius 2 is 2.17 bits per heavy atom. The molecule has 0 saturated heterocycles. The van der Waals surface area contributed by atoms with Gasteiger partial charge in [-0.25, -0.2) is 4.79 Å². The summed E-state index contributed by atoms with van der Waals surface area (Å²) in [5.74, 6) is -3.46. The van der Waals surface area contributed by atoms with E-state index in [1.807, 2.05) is 0 Å². The van der Waals surface area contributed by atoms with Crippen molar-refractivity contribution in [3.63, 3.8) is 0 Å². The largest absolute Gasteiger partial charge is 0.477 e. The minimum absolute atomic E-state index is 0.0586. The van der Waals surface area contributed by atoms with Gasteiger partial charge in [0, 0.05) is 19.0 Å². The van der Waals surface area contributed by atoms with E-state index >= 15 is 0 Å². The summed E-state index contributed by atoms with van der Waals surface area (Å²) in [6.45, 7) is 4.57. The molecule has 0 unspecified atom stereocenters. The smallest absolute Gasteiger partial charge is 0.354 e. The van der Waals surface area contributed by atoms with Crippen molar-refractivity contribution < 1.29 is 18.7 Å². The highest BCUT2D eigenvalue weighted by Crippen LogP contribution is 2.40. The van der Waals surface area contributed by atoms with Gasteiger partial charge < -0.3 is 5.11 Å². The van der Waals surface area contributed by atoms with Gasteiger partial charge in [0.15, 0.2) is 0 Å². The normalized spacial score (nSPS) is 23.2. The van der Waals surface area contributed by atoms with Crippen molar-refractivity contribution in [3.8, 4) is 0 Å². The van der Waals surface area contributed by atoms with Gasteiger partial charge in [-0.05, 0) is 25.2 Å². The lowest BCUT2D eigenvalue weighted by Gasteiger charge is -2.06. The van der Waals surface area contributed by atoms with Crippen molar-refractivity contribution >= 4 is 5.97 Å². The van der Waals surface area contributed by atoms with E-state index < -0.39 is 17.6 Å². The van der Waals surface area contributed by atoms with Crippen LogP contribution in [0.15, 0.2) is 0 Å². The summed E-state index contributed by atoms with van der Waals surface area (Å²) in [7, 11) is 0. The van der Waals surface area contributed by atoms with Gasteiger partial charge >= 0.3 is 5.97 Å². The van der Waals surface area contributed by atoms with E-state index in [-0.39, 0.29) is 11.3 Å². The number of hydrogen-bond acceptors (Lipinski definition) is 2. The van der Waals surface area contributed by atoms with Gasteiger partial charge in [-0.15, -0.1) is 0 Å². The third-order valence-corrected chi connectivity index (χ3v) is 3.49. The molecule has 0 aliphatic heterocycles. The molecule has 6 heteroatoms. The van der Waals surface area contributed by atoms with Crippen molar-refractivity contribution in [1.82, 2.24) is 9.78 Å². The standard InChI is InChI=1S/C12H16F2N2O2/c1-6-4-8(6)5-16-9(11(17)18)7(2)10(15-16)12(3,13)14/h6,8H,4-5H2,1-3H3,(H,17,18)/t6-,8+/m1/s1. The van der Waals surface area contributed by atoms with Crippen molar-refractivity contribution in [2.75, 3.05) is 0 Å². The second-order valence-electron chi connectivity index (χ2n) is 5.17. The number of nitrogens with zero attached hydrogens (tertiary/aromatic N) is 2. The van der Waals surface area contributed by atoms with Crippen LogP contribution < -0.4 is 0 Å². The lowest BCUT2D eigenvalue weighted by Crippen LogP contribution is -2.13. The third-order valence-electron chi connectivity index (χ3n) is 3.49. The maximum atomic E-state index is 13.3. The quantitative estimate of drug-likeness (QED) is 0.903. The Balaban J connectivity index is 2.41. The molecule has 0 bridgehead atoms. The fourth-order valence-corrected chi connectivity index (χ4v) is 2.25. The number of aromatic carboxylic acids is 1. The molecular weight excluding hydrogens is 242 g/mol. The third kappa shape index (κ3) is 2.23. The summed E-state index contributed by atoms with van der Waals surface area (Å²) in [6, 6.07) is 0. The highest BCUT2D eigenvalue weighted by Gasteiger charge is 2.38. The Labute approximate surface area is 104 Å². The Morgan fingerprint density at radius 1 is 1.61 bits per heavy atom. The SMILES string of the molecule is Cc1c(C(C)(F)F)nn(C[C@@H]2C[C@H]2C)c1C(=O)O. The number of rotatable bonds is 4. The fourth-order valence-electron chi connectivity index (χ4n) is 2.25. The molecule has 1 saturated carbocycles. The van der Waals surface area contributed by atoms with Gasteiger partial charge in [0.1, 0.15) is 11.4 Å². The molecule has 0 aromatic carbocycles. The van der Waals surface area contributed by atoms with Crippen LogP contribution in [0.25, 0.3) is 0 Å². The first-order valence-corrected chi connectivity index (χ1v) is 5.90. The van der Waals surface area contributed by atoms with Crippen LogP contribution in [-0.4, -0.2) is 20.9 Å². The molecule has 1 heterocycles. The summed E-state index contributed by atoms with van der Waals surface area (Å²) < 4.78 is 27.9. The monoisotopic (exact) mass is 258 g/mol. The molecule has 4 nitrogen and oxygen atoms in total. The molecule has 0 radical (unpaired) electrons. The van der Waals surface area contributed by atoms with E-state index in [9.17, 15) is 13.6 Å². The highest BCUT2D eigenvalue weighted by molar-refractivity contribution is 5.87. The topological polar surface area (TPSA) is 55.1 Å². The highest BCUT2D eigenvalue weighted by atomic mass is 19.3. The Bertz CT molecular complexity index is 491. The lowest BCUT2D eigenvalue weighted by atomic mass is 10.1. The molecule has 18 heavy (non-hydrogen) atoms. The van der Waals surface area contributed by atoms with Gasteiger partial charge in [0.05, 0.1) is 0 Å². The summed E-state index contributed by atoms with van der Waals surface area (Å²) in [4.78, 5) is 11.2. The molecule has 2 rings (SSSR count). The van der Waals surface area contributed by atoms with Gasteiger partial charge in [-0.1, -0.05) is 6.92 Å². The van der Waals surface area contributed by atoms with Crippen LogP contribution in [0.1, 0.15) is 42.0 Å². The molecule has 1 aromatic rings. The first-order valence-electron chi connectivity index (χ1n) is 5.90. The maximum Gasteiger partial charge on any atom is 0.354 e. The molecule has 1 aliphatic rings. The average molecular weight is 258 g/mol. The number of hydrogen-bond donors (Lipinski definition) is 1. The summed E-state index contributed by atoms with van der Waals surface area (Å²) in [6.07, 6.45) is 0.996. The van der Waals surface area contributed by atoms with Crippen molar-refractivity contribution in [2.24, 2.45) is 11.8 Å². The second-order valence-corrected chi connectivity index (χ2v) is 5.17. The zero-order valence-corrected chi connectivity index (χ0v) is 10.6. The van der Waals surface area contributed by atoms with E-state index in [2.05, 4.69) is 12.0 Å². The number of halogens is 2. The van der Waals surface area contributed by atoms with Crippen molar-refractivity contribution in [1.29, 1.82) is 0 Å². The first-order chi connectivity index (χ1) is 8.21. The minimum atomic E-state index is -3.12. The minimum Gasteiger partial charge on any atom is -0.477 e. The van der Waals surface area contributed by atoms with Crippen LogP contribution in [-0.2, 0) is 12.5 Å². The number of carboxylic acids is 1. The average Bonchev–Trinajstić information content (AvgIpc) is 2.74. The van der Waals surface area contributed by atoms with Gasteiger partial charge in [0.25, 0.3) is 5.92 Å². The summed E-state index contributed by atoms with van der Waals surface area (Å²) in [5.41, 5.74) is -0.498. The number of carboxylic acid groups (broad SMARTS) is 1. The van der Waals surface area contributed by atoms with Gasteiger partial charge in [-0.2, -0.15) is 13.9 Å². The van der Waals surface area contributed by atoms with Crippen LogP contribution in [0.2, 0.25) is 0 Å². The number of alkyl halides is 2. The van der Waals surface area contributed by atoms with Crippen LogP contribution >= 0.6 is 0 Å². The van der Waals surface area contributed by atoms with Gasteiger partial charge in [0.2, 0.25) is 0 Å². The van der Waals surface area contributed by atoms with Crippen LogP contribution in [0.4, 0.5) is 8.78 Å². The van der Waals surface area contributed by atoms with E-state index in [0.29, 0.717) is 18.4 Å². The lowest BCUT2D eigenvalue weighted by molar-refractivity contribution is 0.0114. The number of aromatic nitrogens is 2. The fraction of sp³-hybridized carbons (Fsp3) is 0.667. The molecule has 1 N–H and O–H groups in total. The number of carbonyl (C=O) groups is 1. The summed E-state index contributed by atoms with van der Waals surface area (Å²) in [5, 5.41) is 12.9. The Kier molecular flexibility index (Phi) is 2.91. The van der Waals surface area contributed by atoms with Crippen molar-refractivity contribution in [2.45, 2.75) is 39.7 Å². The molecule has 0 amide bonds. The van der Waals surface area contributed by atoms with Crippen LogP contribution in [0.5, 0.6) is 0 Å². The van der Waals surface area contributed by atoms with Gasteiger partial charge in [-0.3, -0.25) is 4.68 Å². The Hall–Kier alpha value is -1.46. The zero-order chi connectivity index (χ0) is 13.7. The Morgan fingerprint density at radius 3 is 2.56 bits per heavy atom. The molecule has 0 spiro atoms. The van der Waals surface area contributed by atoms with E-state index in [0.717, 1.165) is 13.3 Å². The summed E-state index contributed by atoms with van der Waals surface area (Å²) >= 11 is 0. The first kappa shape index (κ1) is 13.0. The molecule has 1 fully saturated rings. The maximum absolute atomic E-state index is 13.3. The van der Waals surface area contributed by atoms with E-state index in [1.54, 1.807) is 0 Å². The molecule has 100 valence electrons.